The van der Waals surface area contributed by atoms with Crippen LogP contribution in [-0.2, 0) is 10.0 Å². The van der Waals surface area contributed by atoms with E-state index < -0.39 is 40.7 Å². The predicted molar refractivity (Wildman–Crippen MR) is 102 cm³/mol. The third-order valence-corrected chi connectivity index (χ3v) is 6.79. The minimum Gasteiger partial charge on any atom is -0.348 e. The van der Waals surface area contributed by atoms with Crippen LogP contribution in [-0.4, -0.2) is 77.8 Å². The highest BCUT2D eigenvalue weighted by atomic mass is 32.2. The van der Waals surface area contributed by atoms with Gasteiger partial charge in [0.05, 0.1) is 18.8 Å². The van der Waals surface area contributed by atoms with Crippen LogP contribution >= 0.6 is 0 Å². The van der Waals surface area contributed by atoms with Gasteiger partial charge in [0.15, 0.2) is 0 Å². The molecule has 4 rings (SSSR count). The SMILES string of the molecule is CS(=O)(=O)N1CC[C@@H](Nc2ncc3ccn([C@@H]4CCNCC4(F)F)c3n2)[C@H](F)C1. The third-order valence-electron chi connectivity index (χ3n) is 5.52. The predicted octanol–water partition coefficient (Wildman–Crippen LogP) is 1.38. The number of nitrogens with zero attached hydrogens (tertiary/aromatic N) is 4. The number of sulfonamides is 1. The largest absolute Gasteiger partial charge is 0.348 e. The molecule has 0 aromatic carbocycles. The van der Waals surface area contributed by atoms with E-state index in [9.17, 15) is 21.6 Å². The van der Waals surface area contributed by atoms with Gasteiger partial charge in [-0.2, -0.15) is 9.29 Å². The van der Waals surface area contributed by atoms with E-state index in [1.807, 2.05) is 0 Å². The molecule has 29 heavy (non-hydrogen) atoms. The fourth-order valence-corrected chi connectivity index (χ4v) is 4.78. The van der Waals surface area contributed by atoms with Crippen molar-refractivity contribution in [2.24, 2.45) is 0 Å². The van der Waals surface area contributed by atoms with Crippen LogP contribution in [0.2, 0.25) is 0 Å². The van der Waals surface area contributed by atoms with Crippen molar-refractivity contribution in [3.63, 3.8) is 0 Å². The molecule has 2 fully saturated rings. The van der Waals surface area contributed by atoms with Crippen molar-refractivity contribution in [2.75, 3.05) is 37.8 Å². The Balaban J connectivity index is 1.55. The Hall–Kier alpha value is -1.92. The number of alkyl halides is 3. The zero-order valence-corrected chi connectivity index (χ0v) is 16.7. The summed E-state index contributed by atoms with van der Waals surface area (Å²) in [5, 5.41) is 6.23. The van der Waals surface area contributed by atoms with Gasteiger partial charge in [-0.05, 0) is 25.5 Å². The summed E-state index contributed by atoms with van der Waals surface area (Å²) < 4.78 is 69.0. The Morgan fingerprint density at radius 2 is 2.14 bits per heavy atom. The van der Waals surface area contributed by atoms with Crippen LogP contribution in [0.3, 0.4) is 0 Å². The van der Waals surface area contributed by atoms with E-state index in [-0.39, 0.29) is 31.9 Å². The van der Waals surface area contributed by atoms with Gasteiger partial charge in [0, 0.05) is 30.9 Å². The fourth-order valence-electron chi connectivity index (χ4n) is 3.93. The van der Waals surface area contributed by atoms with E-state index in [4.69, 9.17) is 0 Å². The van der Waals surface area contributed by atoms with Gasteiger partial charge in [-0.3, -0.25) is 0 Å². The van der Waals surface area contributed by atoms with Crippen LogP contribution in [0.4, 0.5) is 19.1 Å². The van der Waals surface area contributed by atoms with Crippen molar-refractivity contribution in [1.29, 1.82) is 0 Å². The number of hydrogen-bond acceptors (Lipinski definition) is 6. The lowest BCUT2D eigenvalue weighted by atomic mass is 10.0. The van der Waals surface area contributed by atoms with Crippen LogP contribution in [0.15, 0.2) is 18.5 Å². The number of halogens is 3. The quantitative estimate of drug-likeness (QED) is 0.759. The molecule has 160 valence electrons. The van der Waals surface area contributed by atoms with E-state index in [0.29, 0.717) is 17.6 Å². The number of nitrogens with one attached hydrogen (secondary N) is 2. The molecule has 3 atom stereocenters. The van der Waals surface area contributed by atoms with Crippen LogP contribution in [0.25, 0.3) is 11.0 Å². The fraction of sp³-hybridized carbons (Fsp3) is 0.647. The second-order valence-electron chi connectivity index (χ2n) is 7.61. The first kappa shape index (κ1) is 20.4. The normalized spacial score (nSPS) is 28.5. The van der Waals surface area contributed by atoms with E-state index in [1.165, 1.54) is 10.8 Å². The zero-order valence-electron chi connectivity index (χ0n) is 15.9. The first-order chi connectivity index (χ1) is 13.6. The van der Waals surface area contributed by atoms with Crippen molar-refractivity contribution in [1.82, 2.24) is 24.2 Å². The average Bonchev–Trinajstić information content (AvgIpc) is 3.05. The van der Waals surface area contributed by atoms with E-state index in [1.54, 1.807) is 12.3 Å². The number of aromatic nitrogens is 3. The molecule has 2 N–H and O–H groups in total. The third kappa shape index (κ3) is 4.05. The lowest BCUT2D eigenvalue weighted by molar-refractivity contribution is -0.0646. The molecule has 2 aromatic heterocycles. The summed E-state index contributed by atoms with van der Waals surface area (Å²) in [5.41, 5.74) is 0.359. The summed E-state index contributed by atoms with van der Waals surface area (Å²) in [6.07, 6.45) is 3.23. The molecular formula is C17H23F3N6O2S. The standard InChI is InChI=1S/C17H23F3N6O2S/c1-29(27,28)25-6-4-13(12(18)9-25)23-16-22-8-11-3-7-26(15(11)24-16)14-2-5-21-10-17(14,19)20/h3,7-8,12-14,21H,2,4-6,9-10H2,1H3,(H,22,23,24)/t12-,13-,14-/m1/s1. The molecule has 0 unspecified atom stereocenters. The highest BCUT2D eigenvalue weighted by molar-refractivity contribution is 7.88. The second-order valence-corrected chi connectivity index (χ2v) is 9.60. The van der Waals surface area contributed by atoms with Crippen LogP contribution in [0.1, 0.15) is 18.9 Å². The maximum atomic E-state index is 14.5. The molecule has 2 aliphatic rings. The first-order valence-electron chi connectivity index (χ1n) is 9.43. The van der Waals surface area contributed by atoms with Gasteiger partial charge < -0.3 is 15.2 Å². The summed E-state index contributed by atoms with van der Waals surface area (Å²) in [5.74, 6) is -2.78. The van der Waals surface area contributed by atoms with E-state index in [0.717, 1.165) is 10.6 Å². The molecule has 2 aromatic rings. The molecule has 4 heterocycles. The van der Waals surface area contributed by atoms with Gasteiger partial charge in [0.25, 0.3) is 5.92 Å². The molecule has 2 saturated heterocycles. The van der Waals surface area contributed by atoms with Crippen molar-refractivity contribution >= 4 is 27.0 Å². The molecule has 0 aliphatic carbocycles. The monoisotopic (exact) mass is 432 g/mol. The van der Waals surface area contributed by atoms with Gasteiger partial charge in [0.2, 0.25) is 16.0 Å². The number of anilines is 1. The van der Waals surface area contributed by atoms with Gasteiger partial charge >= 0.3 is 0 Å². The van der Waals surface area contributed by atoms with Crippen molar-refractivity contribution in [2.45, 2.75) is 37.0 Å². The summed E-state index contributed by atoms with van der Waals surface area (Å²) in [6, 6.07) is 0.00451. The molecule has 0 saturated carbocycles. The Morgan fingerprint density at radius 3 is 2.83 bits per heavy atom. The van der Waals surface area contributed by atoms with Gasteiger partial charge in [-0.1, -0.05) is 0 Å². The molecule has 0 radical (unpaired) electrons. The van der Waals surface area contributed by atoms with Crippen molar-refractivity contribution < 1.29 is 21.6 Å². The molecule has 0 bridgehead atoms. The number of rotatable bonds is 4. The summed E-state index contributed by atoms with van der Waals surface area (Å²) in [6.45, 7) is 0.0434. The van der Waals surface area contributed by atoms with Crippen molar-refractivity contribution in [3.05, 3.63) is 18.5 Å². The number of piperidine rings is 2. The highest BCUT2D eigenvalue weighted by Gasteiger charge is 2.43. The minimum atomic E-state index is -3.45. The Morgan fingerprint density at radius 1 is 1.34 bits per heavy atom. The molecular weight excluding hydrogens is 409 g/mol. The first-order valence-corrected chi connectivity index (χ1v) is 11.3. The smallest absolute Gasteiger partial charge is 0.280 e. The Labute approximate surface area is 166 Å². The lowest BCUT2D eigenvalue weighted by Gasteiger charge is -2.34. The number of hydrogen-bond donors (Lipinski definition) is 2. The van der Waals surface area contributed by atoms with Gasteiger partial charge in [-0.25, -0.2) is 26.6 Å². The average molecular weight is 432 g/mol. The molecule has 0 amide bonds. The van der Waals surface area contributed by atoms with Crippen LogP contribution in [0, 0.1) is 0 Å². The topological polar surface area (TPSA) is 92.2 Å². The van der Waals surface area contributed by atoms with E-state index >= 15 is 0 Å². The van der Waals surface area contributed by atoms with Gasteiger partial charge in [0.1, 0.15) is 17.9 Å². The maximum absolute atomic E-state index is 14.5. The number of fused-ring (bicyclic) bond motifs is 1. The van der Waals surface area contributed by atoms with Crippen LogP contribution in [0.5, 0.6) is 0 Å². The van der Waals surface area contributed by atoms with Crippen molar-refractivity contribution in [3.8, 4) is 0 Å². The lowest BCUT2D eigenvalue weighted by Crippen LogP contribution is -2.49. The van der Waals surface area contributed by atoms with Gasteiger partial charge in [-0.15, -0.1) is 0 Å². The van der Waals surface area contributed by atoms with Crippen LogP contribution < -0.4 is 10.6 Å². The zero-order chi connectivity index (χ0) is 20.8. The second kappa shape index (κ2) is 7.40. The molecule has 0 spiro atoms. The highest BCUT2D eigenvalue weighted by Crippen LogP contribution is 2.36. The molecule has 2 aliphatic heterocycles. The summed E-state index contributed by atoms with van der Waals surface area (Å²) in [4.78, 5) is 8.52. The van der Waals surface area contributed by atoms with E-state index in [2.05, 4.69) is 20.6 Å². The Kier molecular flexibility index (Phi) is 5.20. The molecule has 12 heteroatoms. The Bertz CT molecular complexity index is 998. The minimum absolute atomic E-state index is 0.134. The maximum Gasteiger partial charge on any atom is 0.280 e. The molecule has 8 nitrogen and oxygen atoms in total. The summed E-state index contributed by atoms with van der Waals surface area (Å²) >= 11 is 0. The summed E-state index contributed by atoms with van der Waals surface area (Å²) in [7, 11) is -3.45.